The summed E-state index contributed by atoms with van der Waals surface area (Å²) in [6.45, 7) is 3.11. The Hall–Kier alpha value is -2.13. The standard InChI is InChI=1S/C20H23N3/c1-14(16-7-6-15-4-2-3-5-17(15)12-16)23-13-18-8-10-21-20-19(18)9-11-22-20/h6-12,14,23H,2-5,13H2,1H3,(H,21,22)/t14-/m1/s1. The lowest BCUT2D eigenvalue weighted by atomic mass is 9.89. The maximum absolute atomic E-state index is 4.35. The summed E-state index contributed by atoms with van der Waals surface area (Å²) in [5.74, 6) is 0. The van der Waals surface area contributed by atoms with Crippen LogP contribution < -0.4 is 5.32 Å². The normalized spacial score (nSPS) is 15.5. The van der Waals surface area contributed by atoms with Crippen molar-refractivity contribution in [2.45, 2.75) is 45.2 Å². The Kier molecular flexibility index (Phi) is 3.88. The molecule has 3 nitrogen and oxygen atoms in total. The maximum Gasteiger partial charge on any atom is 0.137 e. The van der Waals surface area contributed by atoms with Gasteiger partial charge in [-0.3, -0.25) is 0 Å². The summed E-state index contributed by atoms with van der Waals surface area (Å²) >= 11 is 0. The van der Waals surface area contributed by atoms with E-state index in [-0.39, 0.29) is 0 Å². The number of aromatic nitrogens is 2. The topological polar surface area (TPSA) is 40.7 Å². The van der Waals surface area contributed by atoms with Gasteiger partial charge in [-0.2, -0.15) is 0 Å². The molecule has 0 bridgehead atoms. The van der Waals surface area contributed by atoms with Crippen molar-refractivity contribution < 1.29 is 0 Å². The number of benzene rings is 1. The molecule has 0 radical (unpaired) electrons. The van der Waals surface area contributed by atoms with Crippen molar-refractivity contribution in [3.05, 3.63) is 65.0 Å². The van der Waals surface area contributed by atoms with Crippen LogP contribution in [0.3, 0.4) is 0 Å². The van der Waals surface area contributed by atoms with Gasteiger partial charge in [-0.05, 0) is 67.0 Å². The minimum Gasteiger partial charge on any atom is -0.346 e. The largest absolute Gasteiger partial charge is 0.346 e. The van der Waals surface area contributed by atoms with Crippen molar-refractivity contribution in [2.24, 2.45) is 0 Å². The molecule has 0 saturated carbocycles. The van der Waals surface area contributed by atoms with Gasteiger partial charge < -0.3 is 10.3 Å². The zero-order valence-corrected chi connectivity index (χ0v) is 13.6. The third kappa shape index (κ3) is 2.89. The third-order valence-corrected chi connectivity index (χ3v) is 5.02. The highest BCUT2D eigenvalue weighted by molar-refractivity contribution is 5.79. The van der Waals surface area contributed by atoms with E-state index in [1.54, 1.807) is 11.1 Å². The number of nitrogens with one attached hydrogen (secondary N) is 2. The number of aromatic amines is 1. The second kappa shape index (κ2) is 6.17. The molecule has 1 aliphatic carbocycles. The zero-order chi connectivity index (χ0) is 15.6. The van der Waals surface area contributed by atoms with Crippen molar-refractivity contribution in [1.82, 2.24) is 15.3 Å². The molecule has 3 aromatic rings. The number of nitrogens with zero attached hydrogens (tertiary/aromatic N) is 1. The number of aryl methyl sites for hydroxylation is 2. The van der Waals surface area contributed by atoms with E-state index < -0.39 is 0 Å². The highest BCUT2D eigenvalue weighted by Gasteiger charge is 2.12. The van der Waals surface area contributed by atoms with Crippen LogP contribution in [0.2, 0.25) is 0 Å². The molecule has 2 aromatic heterocycles. The molecule has 0 aliphatic heterocycles. The van der Waals surface area contributed by atoms with Crippen LogP contribution in [0, 0.1) is 0 Å². The number of rotatable bonds is 4. The van der Waals surface area contributed by atoms with Gasteiger partial charge in [0, 0.05) is 30.4 Å². The molecular formula is C20H23N3. The first-order valence-corrected chi connectivity index (χ1v) is 8.57. The van der Waals surface area contributed by atoms with E-state index in [0.29, 0.717) is 6.04 Å². The summed E-state index contributed by atoms with van der Waals surface area (Å²) in [5.41, 5.74) is 6.76. The van der Waals surface area contributed by atoms with Gasteiger partial charge in [0.25, 0.3) is 0 Å². The van der Waals surface area contributed by atoms with E-state index in [2.05, 4.69) is 52.5 Å². The van der Waals surface area contributed by atoms with Gasteiger partial charge in [0.2, 0.25) is 0 Å². The van der Waals surface area contributed by atoms with E-state index in [1.165, 1.54) is 42.2 Å². The van der Waals surface area contributed by atoms with E-state index in [0.717, 1.165) is 12.2 Å². The van der Waals surface area contributed by atoms with Gasteiger partial charge in [-0.1, -0.05) is 18.2 Å². The summed E-state index contributed by atoms with van der Waals surface area (Å²) in [5, 5.41) is 4.87. The minimum absolute atomic E-state index is 0.351. The number of fused-ring (bicyclic) bond motifs is 2. The van der Waals surface area contributed by atoms with Crippen LogP contribution in [0.5, 0.6) is 0 Å². The summed E-state index contributed by atoms with van der Waals surface area (Å²) in [6.07, 6.45) is 8.99. The molecule has 0 spiro atoms. The van der Waals surface area contributed by atoms with Gasteiger partial charge in [-0.25, -0.2) is 4.98 Å². The van der Waals surface area contributed by atoms with Crippen LogP contribution in [0.4, 0.5) is 0 Å². The van der Waals surface area contributed by atoms with Crippen molar-refractivity contribution >= 4 is 11.0 Å². The smallest absolute Gasteiger partial charge is 0.137 e. The third-order valence-electron chi connectivity index (χ3n) is 5.02. The average Bonchev–Trinajstić information content (AvgIpc) is 3.08. The molecule has 1 aliphatic rings. The first-order valence-electron chi connectivity index (χ1n) is 8.57. The molecule has 3 heteroatoms. The zero-order valence-electron chi connectivity index (χ0n) is 13.6. The second-order valence-electron chi connectivity index (χ2n) is 6.55. The lowest BCUT2D eigenvalue weighted by Gasteiger charge is -2.20. The van der Waals surface area contributed by atoms with Crippen molar-refractivity contribution in [3.63, 3.8) is 0 Å². The van der Waals surface area contributed by atoms with Crippen molar-refractivity contribution in [1.29, 1.82) is 0 Å². The van der Waals surface area contributed by atoms with Crippen LogP contribution in [0.15, 0.2) is 42.7 Å². The van der Waals surface area contributed by atoms with E-state index in [1.807, 2.05) is 12.4 Å². The monoisotopic (exact) mass is 305 g/mol. The first kappa shape index (κ1) is 14.5. The van der Waals surface area contributed by atoms with E-state index in [4.69, 9.17) is 0 Å². The molecule has 1 atom stereocenters. The lowest BCUT2D eigenvalue weighted by molar-refractivity contribution is 0.574. The van der Waals surface area contributed by atoms with E-state index >= 15 is 0 Å². The molecule has 118 valence electrons. The Balaban J connectivity index is 1.49. The minimum atomic E-state index is 0.351. The van der Waals surface area contributed by atoms with Gasteiger partial charge in [0.1, 0.15) is 5.65 Å². The Morgan fingerprint density at radius 3 is 2.91 bits per heavy atom. The Labute approximate surface area is 137 Å². The summed E-state index contributed by atoms with van der Waals surface area (Å²) < 4.78 is 0. The van der Waals surface area contributed by atoms with Crippen LogP contribution >= 0.6 is 0 Å². The van der Waals surface area contributed by atoms with Gasteiger partial charge >= 0.3 is 0 Å². The predicted molar refractivity (Wildman–Crippen MR) is 94.4 cm³/mol. The Morgan fingerprint density at radius 2 is 2.00 bits per heavy atom. The average molecular weight is 305 g/mol. The Morgan fingerprint density at radius 1 is 1.13 bits per heavy atom. The molecule has 0 fully saturated rings. The van der Waals surface area contributed by atoms with Crippen LogP contribution in [-0.2, 0) is 19.4 Å². The number of H-pyrrole nitrogens is 1. The van der Waals surface area contributed by atoms with Crippen molar-refractivity contribution in [3.8, 4) is 0 Å². The summed E-state index contributed by atoms with van der Waals surface area (Å²) in [7, 11) is 0. The summed E-state index contributed by atoms with van der Waals surface area (Å²) in [6, 6.07) is 11.6. The molecule has 23 heavy (non-hydrogen) atoms. The molecular weight excluding hydrogens is 282 g/mol. The molecule has 0 amide bonds. The van der Waals surface area contributed by atoms with Gasteiger partial charge in [-0.15, -0.1) is 0 Å². The van der Waals surface area contributed by atoms with Gasteiger partial charge in [0.05, 0.1) is 0 Å². The Bertz CT molecular complexity index is 819. The molecule has 2 heterocycles. The molecule has 4 rings (SSSR count). The van der Waals surface area contributed by atoms with E-state index in [9.17, 15) is 0 Å². The summed E-state index contributed by atoms with van der Waals surface area (Å²) in [4.78, 5) is 7.53. The molecule has 1 aromatic carbocycles. The quantitative estimate of drug-likeness (QED) is 0.755. The molecule has 0 saturated heterocycles. The highest BCUT2D eigenvalue weighted by Crippen LogP contribution is 2.25. The van der Waals surface area contributed by atoms with Crippen LogP contribution in [0.25, 0.3) is 11.0 Å². The maximum atomic E-state index is 4.35. The SMILES string of the molecule is C[C@@H](NCc1ccnc2[nH]ccc12)c1ccc2c(c1)CCCC2. The first-order chi connectivity index (χ1) is 11.3. The van der Waals surface area contributed by atoms with Crippen LogP contribution in [-0.4, -0.2) is 9.97 Å². The number of pyridine rings is 1. The molecule has 0 unspecified atom stereocenters. The van der Waals surface area contributed by atoms with Crippen molar-refractivity contribution in [2.75, 3.05) is 0 Å². The fraction of sp³-hybridized carbons (Fsp3) is 0.350. The second-order valence-corrected chi connectivity index (χ2v) is 6.55. The number of hydrogen-bond acceptors (Lipinski definition) is 2. The highest BCUT2D eigenvalue weighted by atomic mass is 14.9. The van der Waals surface area contributed by atoms with Gasteiger partial charge in [0.15, 0.2) is 0 Å². The molecule has 2 N–H and O–H groups in total. The predicted octanol–water partition coefficient (Wildman–Crippen LogP) is 4.29. The lowest BCUT2D eigenvalue weighted by Crippen LogP contribution is -2.19. The van der Waals surface area contributed by atoms with Crippen LogP contribution in [0.1, 0.15) is 48.1 Å². The number of hydrogen-bond donors (Lipinski definition) is 2. The fourth-order valence-corrected chi connectivity index (χ4v) is 3.58. The fourth-order valence-electron chi connectivity index (χ4n) is 3.58.